The minimum Gasteiger partial charge on any atom is -0.349 e. The van der Waals surface area contributed by atoms with Gasteiger partial charge in [0.1, 0.15) is 0 Å². The van der Waals surface area contributed by atoms with E-state index in [9.17, 15) is 18.0 Å². The maximum atomic E-state index is 13.0. The maximum Gasteiger partial charge on any atom is 0.435 e. The van der Waals surface area contributed by atoms with Crippen LogP contribution in [0.25, 0.3) is 0 Å². The number of rotatable bonds is 5. The quantitative estimate of drug-likeness (QED) is 0.885. The van der Waals surface area contributed by atoms with E-state index in [1.54, 1.807) is 6.92 Å². The fourth-order valence-corrected chi connectivity index (χ4v) is 2.99. The highest BCUT2D eigenvalue weighted by molar-refractivity contribution is 5.95. The van der Waals surface area contributed by atoms with Crippen LogP contribution in [0.2, 0.25) is 0 Å². The zero-order valence-electron chi connectivity index (χ0n) is 14.7. The van der Waals surface area contributed by atoms with Crippen LogP contribution in [0.15, 0.2) is 36.5 Å². The van der Waals surface area contributed by atoms with Crippen molar-refractivity contribution in [1.82, 2.24) is 15.1 Å². The monoisotopic (exact) mass is 353 g/mol. The predicted octanol–water partition coefficient (Wildman–Crippen LogP) is 3.93. The molecule has 1 atom stereocenters. The Bertz CT molecular complexity index is 736. The molecule has 0 saturated heterocycles. The van der Waals surface area contributed by atoms with Gasteiger partial charge in [0.15, 0.2) is 5.69 Å². The fourth-order valence-electron chi connectivity index (χ4n) is 2.99. The average Bonchev–Trinajstić information content (AvgIpc) is 2.90. The molecule has 4 nitrogen and oxygen atoms in total. The van der Waals surface area contributed by atoms with Crippen LogP contribution >= 0.6 is 0 Å². The summed E-state index contributed by atoms with van der Waals surface area (Å²) in [6, 6.07) is 9.49. The van der Waals surface area contributed by atoms with E-state index in [1.165, 1.54) is 7.05 Å². The first-order valence-electron chi connectivity index (χ1n) is 7.98. The lowest BCUT2D eigenvalue weighted by atomic mass is 9.79. The Morgan fingerprint density at radius 2 is 1.84 bits per heavy atom. The molecule has 0 fully saturated rings. The summed E-state index contributed by atoms with van der Waals surface area (Å²) < 4.78 is 40.0. The number of carbonyl (C=O) groups excluding carboxylic acids is 1. The Morgan fingerprint density at radius 1 is 1.24 bits per heavy atom. The summed E-state index contributed by atoms with van der Waals surface area (Å²) in [5, 5.41) is 6.02. The van der Waals surface area contributed by atoms with E-state index in [1.807, 2.05) is 44.2 Å². The van der Waals surface area contributed by atoms with Crippen LogP contribution in [0.4, 0.5) is 13.2 Å². The third-order valence-electron chi connectivity index (χ3n) is 4.09. The third kappa shape index (κ3) is 4.61. The van der Waals surface area contributed by atoms with Gasteiger partial charge < -0.3 is 5.32 Å². The predicted molar refractivity (Wildman–Crippen MR) is 89.2 cm³/mol. The molecule has 0 spiro atoms. The van der Waals surface area contributed by atoms with Gasteiger partial charge in [-0.1, -0.05) is 44.2 Å². The van der Waals surface area contributed by atoms with Gasteiger partial charge in [0.2, 0.25) is 0 Å². The number of amides is 1. The number of aromatic nitrogens is 2. The lowest BCUT2D eigenvalue weighted by Crippen LogP contribution is -2.37. The first-order valence-corrected chi connectivity index (χ1v) is 7.98. The number of carbonyl (C=O) groups is 1. The zero-order valence-corrected chi connectivity index (χ0v) is 14.7. The summed E-state index contributed by atoms with van der Waals surface area (Å²) in [7, 11) is 1.36. The van der Waals surface area contributed by atoms with Crippen molar-refractivity contribution in [2.45, 2.75) is 44.8 Å². The molecule has 2 rings (SSSR count). The Balaban J connectivity index is 2.11. The van der Waals surface area contributed by atoms with Crippen LogP contribution in [0, 0.1) is 0 Å². The SMILES string of the molecule is CC(CC(C)(C)c1ccccc1)NC(=O)c1cn(C)nc1C(F)(F)F. The number of nitrogens with zero attached hydrogens (tertiary/aromatic N) is 2. The standard InChI is InChI=1S/C18H22F3N3O/c1-12(10-17(2,3)13-8-6-5-7-9-13)22-16(25)14-11-24(4)23-15(14)18(19,20)21/h5-9,11-12H,10H2,1-4H3,(H,22,25). The number of halogens is 3. The highest BCUT2D eigenvalue weighted by Crippen LogP contribution is 2.31. The van der Waals surface area contributed by atoms with Crippen molar-refractivity contribution in [3.63, 3.8) is 0 Å². The molecule has 1 amide bonds. The van der Waals surface area contributed by atoms with Gasteiger partial charge in [-0.25, -0.2) is 0 Å². The second-order valence-electron chi connectivity index (χ2n) is 6.89. The molecular weight excluding hydrogens is 331 g/mol. The Morgan fingerprint density at radius 3 is 2.40 bits per heavy atom. The van der Waals surface area contributed by atoms with E-state index < -0.39 is 23.3 Å². The molecule has 0 aliphatic rings. The molecule has 1 heterocycles. The van der Waals surface area contributed by atoms with Crippen molar-refractivity contribution < 1.29 is 18.0 Å². The van der Waals surface area contributed by atoms with Crippen molar-refractivity contribution >= 4 is 5.91 Å². The molecule has 136 valence electrons. The van der Waals surface area contributed by atoms with E-state index in [4.69, 9.17) is 0 Å². The second kappa shape index (κ2) is 6.90. The van der Waals surface area contributed by atoms with Crippen molar-refractivity contribution in [3.8, 4) is 0 Å². The summed E-state index contributed by atoms with van der Waals surface area (Å²) in [5.41, 5.74) is -0.745. The fraction of sp³-hybridized carbons (Fsp3) is 0.444. The summed E-state index contributed by atoms with van der Waals surface area (Å²) >= 11 is 0. The summed E-state index contributed by atoms with van der Waals surface area (Å²) in [4.78, 5) is 12.3. The second-order valence-corrected chi connectivity index (χ2v) is 6.89. The maximum absolute atomic E-state index is 13.0. The Hall–Kier alpha value is -2.31. The largest absolute Gasteiger partial charge is 0.435 e. The van der Waals surface area contributed by atoms with Crippen molar-refractivity contribution in [2.75, 3.05) is 0 Å². The van der Waals surface area contributed by atoms with E-state index >= 15 is 0 Å². The number of benzene rings is 1. The molecule has 0 aliphatic carbocycles. The van der Waals surface area contributed by atoms with E-state index in [-0.39, 0.29) is 11.5 Å². The zero-order chi connectivity index (χ0) is 18.8. The molecule has 0 saturated carbocycles. The van der Waals surface area contributed by atoms with Crippen molar-refractivity contribution in [3.05, 3.63) is 53.3 Å². The number of nitrogens with one attached hydrogen (secondary N) is 1. The van der Waals surface area contributed by atoms with Gasteiger partial charge in [-0.05, 0) is 24.3 Å². The lowest BCUT2D eigenvalue weighted by Gasteiger charge is -2.29. The van der Waals surface area contributed by atoms with Crippen LogP contribution in [0.1, 0.15) is 48.8 Å². The van der Waals surface area contributed by atoms with Crippen LogP contribution < -0.4 is 5.32 Å². The molecular formula is C18H22F3N3O. The van der Waals surface area contributed by atoms with E-state index in [0.29, 0.717) is 6.42 Å². The highest BCUT2D eigenvalue weighted by Gasteiger charge is 2.39. The highest BCUT2D eigenvalue weighted by atomic mass is 19.4. The van der Waals surface area contributed by atoms with Crippen LogP contribution in [-0.4, -0.2) is 21.7 Å². The summed E-state index contributed by atoms with van der Waals surface area (Å²) in [5.74, 6) is -0.767. The van der Waals surface area contributed by atoms with Crippen LogP contribution in [0.3, 0.4) is 0 Å². The van der Waals surface area contributed by atoms with Crippen molar-refractivity contribution in [1.29, 1.82) is 0 Å². The molecule has 0 radical (unpaired) electrons. The van der Waals surface area contributed by atoms with Gasteiger partial charge in [-0.15, -0.1) is 0 Å². The van der Waals surface area contributed by atoms with Crippen LogP contribution in [-0.2, 0) is 18.6 Å². The first-order chi connectivity index (χ1) is 11.5. The molecule has 1 unspecified atom stereocenters. The van der Waals surface area contributed by atoms with E-state index in [0.717, 1.165) is 16.4 Å². The lowest BCUT2D eigenvalue weighted by molar-refractivity contribution is -0.141. The average molecular weight is 353 g/mol. The molecule has 1 N–H and O–H groups in total. The molecule has 0 bridgehead atoms. The number of hydrogen-bond donors (Lipinski definition) is 1. The topological polar surface area (TPSA) is 46.9 Å². The number of hydrogen-bond acceptors (Lipinski definition) is 2. The number of aryl methyl sites for hydroxylation is 1. The Kier molecular flexibility index (Phi) is 5.25. The van der Waals surface area contributed by atoms with Crippen LogP contribution in [0.5, 0.6) is 0 Å². The van der Waals surface area contributed by atoms with E-state index in [2.05, 4.69) is 10.4 Å². The Labute approximate surface area is 145 Å². The van der Waals surface area contributed by atoms with Gasteiger partial charge >= 0.3 is 6.18 Å². The smallest absolute Gasteiger partial charge is 0.349 e. The first kappa shape index (κ1) is 19.0. The van der Waals surface area contributed by atoms with Gasteiger partial charge in [0, 0.05) is 19.3 Å². The van der Waals surface area contributed by atoms with Crippen molar-refractivity contribution in [2.24, 2.45) is 7.05 Å². The number of alkyl halides is 3. The van der Waals surface area contributed by atoms with Gasteiger partial charge in [0.05, 0.1) is 5.56 Å². The van der Waals surface area contributed by atoms with Gasteiger partial charge in [-0.3, -0.25) is 9.48 Å². The van der Waals surface area contributed by atoms with Gasteiger partial charge in [-0.2, -0.15) is 18.3 Å². The van der Waals surface area contributed by atoms with Gasteiger partial charge in [0.25, 0.3) is 5.91 Å². The molecule has 25 heavy (non-hydrogen) atoms. The summed E-state index contributed by atoms with van der Waals surface area (Å²) in [6.07, 6.45) is -2.99. The molecule has 2 aromatic rings. The molecule has 0 aliphatic heterocycles. The molecule has 1 aromatic heterocycles. The molecule has 7 heteroatoms. The summed E-state index contributed by atoms with van der Waals surface area (Å²) in [6.45, 7) is 5.86. The normalized spacial score (nSPS) is 13.6. The minimum absolute atomic E-state index is 0.226. The minimum atomic E-state index is -4.67. The molecule has 1 aromatic carbocycles. The third-order valence-corrected chi connectivity index (χ3v) is 4.09.